The normalized spacial score (nSPS) is 16.6. The predicted octanol–water partition coefficient (Wildman–Crippen LogP) is 5.09. The molecule has 0 unspecified atom stereocenters. The summed E-state index contributed by atoms with van der Waals surface area (Å²) in [6.07, 6.45) is 6.23. The number of hydrogen-bond donors (Lipinski definition) is 2. The van der Waals surface area contributed by atoms with E-state index in [1.807, 2.05) is 29.3 Å². The van der Waals surface area contributed by atoms with Crippen LogP contribution in [0.15, 0.2) is 77.4 Å². The van der Waals surface area contributed by atoms with Gasteiger partial charge in [0, 0.05) is 30.0 Å². The fourth-order valence-electron chi connectivity index (χ4n) is 3.58. The zero-order valence-electron chi connectivity index (χ0n) is 19.7. The minimum absolute atomic E-state index is 0.0402. The number of hydrazine groups is 1. The molecule has 0 aliphatic carbocycles. The topological polar surface area (TPSA) is 101 Å². The molecule has 0 saturated heterocycles. The van der Waals surface area contributed by atoms with Gasteiger partial charge in [0.05, 0.1) is 35.9 Å². The second kappa shape index (κ2) is 11.3. The summed E-state index contributed by atoms with van der Waals surface area (Å²) in [4.78, 5) is 1.98. The molecule has 3 rings (SSSR count). The van der Waals surface area contributed by atoms with Gasteiger partial charge in [-0.3, -0.25) is 5.01 Å². The molecule has 1 heterocycles. The average Bonchev–Trinajstić information content (AvgIpc) is 2.97. The van der Waals surface area contributed by atoms with Crippen LogP contribution in [-0.4, -0.2) is 13.7 Å². The standard InChI is InChI=1S/C26H30FN5O2/c1-4-5-6-13-31-23-12-11-21(33-3)14-26(23)32(30)25(15-24(31)18(2)16-28)22(29)17-34-20-9-7-19(27)8-10-20/h6-14H,4-5,15,17,29-30H2,1-3H3/b13-6+,24-18+,25-22-. The summed E-state index contributed by atoms with van der Waals surface area (Å²) in [6.45, 7) is 3.92. The first-order chi connectivity index (χ1) is 16.4. The fraction of sp³-hybridized carbons (Fsp3) is 0.269. The SMILES string of the molecule is CCC/C=C/N1/C(=C(\C)C#N)C/C(=C(/N)COc2ccc(F)cc2)N(N)c2cc(OC)ccc21. The first kappa shape index (κ1) is 24.7. The monoisotopic (exact) mass is 463 g/mol. The van der Waals surface area contributed by atoms with Gasteiger partial charge in [0.2, 0.25) is 0 Å². The molecule has 34 heavy (non-hydrogen) atoms. The lowest BCUT2D eigenvalue weighted by atomic mass is 10.1. The van der Waals surface area contributed by atoms with Gasteiger partial charge in [-0.15, -0.1) is 0 Å². The molecule has 7 nitrogen and oxygen atoms in total. The van der Waals surface area contributed by atoms with E-state index in [0.29, 0.717) is 40.6 Å². The minimum Gasteiger partial charge on any atom is -0.497 e. The number of rotatable bonds is 7. The molecule has 4 N–H and O–H groups in total. The number of nitriles is 1. The molecule has 0 amide bonds. The number of nitrogens with two attached hydrogens (primary N) is 2. The van der Waals surface area contributed by atoms with E-state index in [2.05, 4.69) is 19.1 Å². The Morgan fingerprint density at radius 1 is 1.15 bits per heavy atom. The van der Waals surface area contributed by atoms with Crippen molar-refractivity contribution >= 4 is 11.4 Å². The summed E-state index contributed by atoms with van der Waals surface area (Å²) in [5, 5.41) is 11.3. The van der Waals surface area contributed by atoms with E-state index in [9.17, 15) is 9.65 Å². The second-order valence-corrected chi connectivity index (χ2v) is 7.84. The van der Waals surface area contributed by atoms with Crippen molar-refractivity contribution in [3.63, 3.8) is 0 Å². The average molecular weight is 464 g/mol. The van der Waals surface area contributed by atoms with E-state index in [1.54, 1.807) is 14.0 Å². The van der Waals surface area contributed by atoms with Crippen molar-refractivity contribution in [3.8, 4) is 17.6 Å². The van der Waals surface area contributed by atoms with Gasteiger partial charge in [-0.25, -0.2) is 10.2 Å². The lowest BCUT2D eigenvalue weighted by Crippen LogP contribution is -2.33. The Balaban J connectivity index is 2.10. The Morgan fingerprint density at radius 2 is 1.85 bits per heavy atom. The first-order valence-corrected chi connectivity index (χ1v) is 11.0. The van der Waals surface area contributed by atoms with Gasteiger partial charge in [-0.2, -0.15) is 5.26 Å². The third kappa shape index (κ3) is 5.50. The number of ether oxygens (including phenoxy) is 2. The molecule has 0 radical (unpaired) electrons. The maximum atomic E-state index is 13.2. The summed E-state index contributed by atoms with van der Waals surface area (Å²) in [7, 11) is 1.59. The number of unbranched alkanes of at least 4 members (excludes halogenated alkanes) is 1. The lowest BCUT2D eigenvalue weighted by molar-refractivity contribution is 0.347. The molecule has 8 heteroatoms. The van der Waals surface area contributed by atoms with Crippen LogP contribution < -0.4 is 31.0 Å². The summed E-state index contributed by atoms with van der Waals surface area (Å²) in [6, 6.07) is 13.6. The number of halogens is 1. The Kier molecular flexibility index (Phi) is 8.17. The van der Waals surface area contributed by atoms with Gasteiger partial charge in [0.25, 0.3) is 0 Å². The van der Waals surface area contributed by atoms with Crippen LogP contribution in [0.5, 0.6) is 11.5 Å². The van der Waals surface area contributed by atoms with Crippen LogP contribution in [0.25, 0.3) is 0 Å². The maximum absolute atomic E-state index is 13.2. The molecule has 0 fully saturated rings. The van der Waals surface area contributed by atoms with Crippen molar-refractivity contribution in [2.24, 2.45) is 11.6 Å². The van der Waals surface area contributed by atoms with Gasteiger partial charge in [-0.1, -0.05) is 19.4 Å². The zero-order chi connectivity index (χ0) is 24.7. The third-order valence-corrected chi connectivity index (χ3v) is 5.51. The largest absolute Gasteiger partial charge is 0.497 e. The van der Waals surface area contributed by atoms with Crippen LogP contribution in [0.4, 0.5) is 15.8 Å². The highest BCUT2D eigenvalue weighted by Gasteiger charge is 2.28. The molecule has 2 aromatic rings. The van der Waals surface area contributed by atoms with Gasteiger partial charge >= 0.3 is 0 Å². The Morgan fingerprint density at radius 3 is 2.50 bits per heavy atom. The van der Waals surface area contributed by atoms with E-state index in [4.69, 9.17) is 21.1 Å². The van der Waals surface area contributed by atoms with Gasteiger partial charge in [-0.05, 0) is 49.7 Å². The lowest BCUT2D eigenvalue weighted by Gasteiger charge is -2.25. The number of benzene rings is 2. The quantitative estimate of drug-likeness (QED) is 0.436. The Hall–Kier alpha value is -3.96. The molecule has 178 valence electrons. The summed E-state index contributed by atoms with van der Waals surface area (Å²) in [5.41, 5.74) is 10.2. The van der Waals surface area contributed by atoms with Crippen molar-refractivity contribution in [2.75, 3.05) is 23.6 Å². The fourth-order valence-corrected chi connectivity index (χ4v) is 3.58. The predicted molar refractivity (Wildman–Crippen MR) is 132 cm³/mol. The van der Waals surface area contributed by atoms with Crippen LogP contribution in [0.2, 0.25) is 0 Å². The molecule has 1 aliphatic rings. The first-order valence-electron chi connectivity index (χ1n) is 11.0. The highest BCUT2D eigenvalue weighted by atomic mass is 19.1. The minimum atomic E-state index is -0.348. The molecular weight excluding hydrogens is 433 g/mol. The van der Waals surface area contributed by atoms with Crippen LogP contribution >= 0.6 is 0 Å². The Bertz CT molecular complexity index is 1150. The highest BCUT2D eigenvalue weighted by molar-refractivity contribution is 5.80. The maximum Gasteiger partial charge on any atom is 0.129 e. The van der Waals surface area contributed by atoms with Crippen LogP contribution in [0, 0.1) is 17.1 Å². The molecule has 2 aromatic carbocycles. The zero-order valence-corrected chi connectivity index (χ0v) is 19.7. The third-order valence-electron chi connectivity index (χ3n) is 5.51. The number of nitrogens with zero attached hydrogens (tertiary/aromatic N) is 3. The van der Waals surface area contributed by atoms with Crippen LogP contribution in [0.1, 0.15) is 33.1 Å². The van der Waals surface area contributed by atoms with E-state index >= 15 is 0 Å². The number of hydrogen-bond acceptors (Lipinski definition) is 7. The number of fused-ring (bicyclic) bond motifs is 1. The van der Waals surface area contributed by atoms with E-state index < -0.39 is 0 Å². The summed E-state index contributed by atoms with van der Waals surface area (Å²) >= 11 is 0. The van der Waals surface area contributed by atoms with Gasteiger partial charge < -0.3 is 20.1 Å². The smallest absolute Gasteiger partial charge is 0.129 e. The molecule has 0 spiro atoms. The van der Waals surface area contributed by atoms with Crippen molar-refractivity contribution in [2.45, 2.75) is 33.1 Å². The molecule has 0 atom stereocenters. The van der Waals surface area contributed by atoms with E-state index in [1.165, 1.54) is 29.3 Å². The summed E-state index contributed by atoms with van der Waals surface area (Å²) < 4.78 is 24.4. The number of anilines is 2. The molecule has 1 aliphatic heterocycles. The van der Waals surface area contributed by atoms with Crippen molar-refractivity contribution < 1.29 is 13.9 Å². The van der Waals surface area contributed by atoms with Crippen LogP contribution in [0.3, 0.4) is 0 Å². The van der Waals surface area contributed by atoms with E-state index in [0.717, 1.165) is 24.2 Å². The number of allylic oxidation sites excluding steroid dienone is 2. The van der Waals surface area contributed by atoms with Gasteiger partial charge in [0.15, 0.2) is 0 Å². The van der Waals surface area contributed by atoms with Gasteiger partial charge in [0.1, 0.15) is 23.9 Å². The Labute approximate surface area is 199 Å². The number of methoxy groups -OCH3 is 1. The van der Waals surface area contributed by atoms with Crippen LogP contribution in [-0.2, 0) is 0 Å². The highest BCUT2D eigenvalue weighted by Crippen LogP contribution is 2.42. The molecule has 0 bridgehead atoms. The molecule has 0 saturated carbocycles. The van der Waals surface area contributed by atoms with Crippen molar-refractivity contribution in [3.05, 3.63) is 83.2 Å². The molecule has 0 aromatic heterocycles. The summed E-state index contributed by atoms with van der Waals surface area (Å²) in [5.74, 6) is 7.37. The van der Waals surface area contributed by atoms with Crippen molar-refractivity contribution in [1.29, 1.82) is 5.26 Å². The van der Waals surface area contributed by atoms with E-state index in [-0.39, 0.29) is 12.4 Å². The van der Waals surface area contributed by atoms with Crippen molar-refractivity contribution in [1.82, 2.24) is 0 Å². The second-order valence-electron chi connectivity index (χ2n) is 7.84. The molecular formula is C26H30FN5O2.